The maximum absolute atomic E-state index is 13.4. The van der Waals surface area contributed by atoms with Gasteiger partial charge in [-0.05, 0) is 54.8 Å². The van der Waals surface area contributed by atoms with Crippen molar-refractivity contribution in [1.29, 1.82) is 0 Å². The van der Waals surface area contributed by atoms with Crippen LogP contribution in [0.15, 0.2) is 41.3 Å². The zero-order valence-corrected chi connectivity index (χ0v) is 19.3. The van der Waals surface area contributed by atoms with Gasteiger partial charge in [-0.1, -0.05) is 11.6 Å². The second-order valence-electron chi connectivity index (χ2n) is 7.82. The molecule has 0 saturated carbocycles. The van der Waals surface area contributed by atoms with Crippen LogP contribution in [0.1, 0.15) is 18.4 Å². The van der Waals surface area contributed by atoms with Gasteiger partial charge in [0.25, 0.3) is 0 Å². The Morgan fingerprint density at radius 2 is 1.88 bits per heavy atom. The van der Waals surface area contributed by atoms with Crippen LogP contribution in [0.2, 0.25) is 5.02 Å². The molecular formula is C22H23ClFN3O5S. The Bertz CT molecular complexity index is 1180. The van der Waals surface area contributed by atoms with E-state index in [4.69, 9.17) is 16.3 Å². The number of fused-ring (bicyclic) bond motifs is 1. The number of morpholine rings is 1. The van der Waals surface area contributed by atoms with Crippen LogP contribution in [0, 0.1) is 5.82 Å². The highest BCUT2D eigenvalue weighted by atomic mass is 35.5. The average Bonchev–Trinajstić information content (AvgIpc) is 2.95. The van der Waals surface area contributed by atoms with E-state index in [1.165, 1.54) is 27.4 Å². The Morgan fingerprint density at radius 3 is 2.61 bits per heavy atom. The molecule has 1 saturated heterocycles. The first-order valence-corrected chi connectivity index (χ1v) is 12.3. The van der Waals surface area contributed by atoms with Crippen molar-refractivity contribution >= 4 is 44.8 Å². The summed E-state index contributed by atoms with van der Waals surface area (Å²) < 4.78 is 46.0. The molecule has 0 aromatic heterocycles. The molecule has 2 amide bonds. The first kappa shape index (κ1) is 23.6. The fourth-order valence-electron chi connectivity index (χ4n) is 3.91. The van der Waals surface area contributed by atoms with Crippen LogP contribution in [-0.2, 0) is 30.8 Å². The molecule has 0 unspecified atom stereocenters. The van der Waals surface area contributed by atoms with Gasteiger partial charge < -0.3 is 15.0 Å². The Hall–Kier alpha value is -2.53. The number of carbonyl (C=O) groups excluding carboxylic acids is 2. The third-order valence-corrected chi connectivity index (χ3v) is 7.78. The molecule has 2 aromatic carbocycles. The van der Waals surface area contributed by atoms with Crippen molar-refractivity contribution in [3.05, 3.63) is 52.8 Å². The highest BCUT2D eigenvalue weighted by molar-refractivity contribution is 7.89. The zero-order valence-electron chi connectivity index (χ0n) is 17.7. The van der Waals surface area contributed by atoms with E-state index in [-0.39, 0.29) is 41.9 Å². The number of aryl methyl sites for hydroxylation is 1. The number of hydrogen-bond donors (Lipinski definition) is 1. The number of rotatable bonds is 5. The van der Waals surface area contributed by atoms with Crippen LogP contribution >= 0.6 is 11.6 Å². The minimum absolute atomic E-state index is 0.127. The van der Waals surface area contributed by atoms with Gasteiger partial charge in [0.2, 0.25) is 21.8 Å². The lowest BCUT2D eigenvalue weighted by molar-refractivity contribution is -0.121. The molecular weight excluding hydrogens is 473 g/mol. The average molecular weight is 496 g/mol. The molecule has 176 valence electrons. The van der Waals surface area contributed by atoms with Crippen LogP contribution in [0.4, 0.5) is 15.8 Å². The lowest BCUT2D eigenvalue weighted by Crippen LogP contribution is -2.40. The molecule has 0 bridgehead atoms. The third kappa shape index (κ3) is 5.19. The first-order valence-electron chi connectivity index (χ1n) is 10.5. The number of halogens is 2. The summed E-state index contributed by atoms with van der Waals surface area (Å²) in [7, 11) is -3.68. The maximum Gasteiger partial charge on any atom is 0.244 e. The van der Waals surface area contributed by atoms with Crippen molar-refractivity contribution in [2.45, 2.75) is 24.2 Å². The summed E-state index contributed by atoms with van der Waals surface area (Å²) in [6.45, 7) is 1.01. The smallest absolute Gasteiger partial charge is 0.244 e. The highest BCUT2D eigenvalue weighted by Gasteiger charge is 2.29. The molecule has 0 aliphatic carbocycles. The number of nitrogens with one attached hydrogen (secondary N) is 1. The van der Waals surface area contributed by atoms with E-state index in [0.717, 1.165) is 6.07 Å². The molecule has 0 spiro atoms. The minimum atomic E-state index is -3.68. The molecule has 2 aliphatic rings. The second kappa shape index (κ2) is 9.76. The third-order valence-electron chi connectivity index (χ3n) is 5.59. The largest absolute Gasteiger partial charge is 0.379 e. The van der Waals surface area contributed by atoms with Gasteiger partial charge in [-0.3, -0.25) is 9.59 Å². The molecule has 2 aliphatic heterocycles. The normalized spacial score (nSPS) is 17.4. The molecule has 33 heavy (non-hydrogen) atoms. The van der Waals surface area contributed by atoms with E-state index in [0.29, 0.717) is 43.0 Å². The molecule has 1 fully saturated rings. The Labute approximate surface area is 196 Å². The van der Waals surface area contributed by atoms with E-state index in [1.54, 1.807) is 12.1 Å². The van der Waals surface area contributed by atoms with Gasteiger partial charge in [-0.2, -0.15) is 4.31 Å². The lowest BCUT2D eigenvalue weighted by atomic mass is 10.1. The maximum atomic E-state index is 13.4. The van der Waals surface area contributed by atoms with Crippen molar-refractivity contribution in [1.82, 2.24) is 4.31 Å². The fraction of sp³-hybridized carbons (Fsp3) is 0.364. The summed E-state index contributed by atoms with van der Waals surface area (Å²) in [6.07, 6.45) is 1.29. The molecule has 1 N–H and O–H groups in total. The number of ether oxygens (including phenoxy) is 1. The second-order valence-corrected chi connectivity index (χ2v) is 10.2. The van der Waals surface area contributed by atoms with Gasteiger partial charge in [0, 0.05) is 30.9 Å². The van der Waals surface area contributed by atoms with E-state index in [9.17, 15) is 22.4 Å². The molecule has 0 atom stereocenters. The van der Waals surface area contributed by atoms with Crippen molar-refractivity contribution in [2.24, 2.45) is 0 Å². The minimum Gasteiger partial charge on any atom is -0.379 e. The number of sulfonamides is 1. The molecule has 11 heteroatoms. The quantitative estimate of drug-likeness (QED) is 0.688. The molecule has 0 radical (unpaired) electrons. The van der Waals surface area contributed by atoms with E-state index in [2.05, 4.69) is 5.32 Å². The summed E-state index contributed by atoms with van der Waals surface area (Å²) >= 11 is 5.76. The van der Waals surface area contributed by atoms with Gasteiger partial charge in [-0.15, -0.1) is 0 Å². The predicted octanol–water partition coefficient (Wildman–Crippen LogP) is 2.81. The molecule has 8 nitrogen and oxygen atoms in total. The lowest BCUT2D eigenvalue weighted by Gasteiger charge is -2.27. The number of carbonyl (C=O) groups is 2. The number of anilines is 2. The van der Waals surface area contributed by atoms with Crippen LogP contribution in [0.3, 0.4) is 0 Å². The van der Waals surface area contributed by atoms with Crippen molar-refractivity contribution < 1.29 is 27.1 Å². The predicted molar refractivity (Wildman–Crippen MR) is 121 cm³/mol. The Kier molecular flexibility index (Phi) is 6.99. The van der Waals surface area contributed by atoms with Crippen molar-refractivity contribution in [3.8, 4) is 0 Å². The van der Waals surface area contributed by atoms with Crippen molar-refractivity contribution in [2.75, 3.05) is 43.1 Å². The van der Waals surface area contributed by atoms with Crippen LogP contribution in [-0.4, -0.2) is 57.4 Å². The van der Waals surface area contributed by atoms with Gasteiger partial charge in [-0.25, -0.2) is 12.8 Å². The monoisotopic (exact) mass is 495 g/mol. The van der Waals surface area contributed by atoms with Crippen LogP contribution < -0.4 is 10.2 Å². The van der Waals surface area contributed by atoms with Crippen molar-refractivity contribution in [3.63, 3.8) is 0 Å². The zero-order chi connectivity index (χ0) is 23.6. The SMILES string of the molecule is O=C(CN1C(=O)CCCc2cc(S(=O)(=O)N3CCOCC3)ccc21)Nc1ccc(F)c(Cl)c1. The Balaban J connectivity index is 1.57. The first-order chi connectivity index (χ1) is 15.8. The molecule has 4 rings (SSSR count). The molecule has 2 aromatic rings. The van der Waals surface area contributed by atoms with E-state index < -0.39 is 21.7 Å². The summed E-state index contributed by atoms with van der Waals surface area (Å²) in [4.78, 5) is 26.9. The van der Waals surface area contributed by atoms with E-state index in [1.807, 2.05) is 0 Å². The number of hydrogen-bond acceptors (Lipinski definition) is 5. The highest BCUT2D eigenvalue weighted by Crippen LogP contribution is 2.31. The van der Waals surface area contributed by atoms with Gasteiger partial charge in [0.05, 0.1) is 23.1 Å². The van der Waals surface area contributed by atoms with Crippen LogP contribution in [0.25, 0.3) is 0 Å². The number of amides is 2. The van der Waals surface area contributed by atoms with Crippen LogP contribution in [0.5, 0.6) is 0 Å². The van der Waals surface area contributed by atoms with E-state index >= 15 is 0 Å². The Morgan fingerprint density at radius 1 is 1.12 bits per heavy atom. The summed E-state index contributed by atoms with van der Waals surface area (Å²) in [5.41, 5.74) is 1.50. The number of nitrogens with zero attached hydrogens (tertiary/aromatic N) is 2. The van der Waals surface area contributed by atoms with Gasteiger partial charge >= 0.3 is 0 Å². The summed E-state index contributed by atoms with van der Waals surface area (Å²) in [6, 6.07) is 8.43. The molecule has 2 heterocycles. The number of benzene rings is 2. The fourth-order valence-corrected chi connectivity index (χ4v) is 5.55. The van der Waals surface area contributed by atoms with Gasteiger partial charge in [0.15, 0.2) is 0 Å². The topological polar surface area (TPSA) is 96.0 Å². The standard InChI is InChI=1S/C22H23ClFN3O5S/c23-18-13-16(4-6-19(18)24)25-21(28)14-27-20-7-5-17(12-15(20)2-1-3-22(27)29)33(30,31)26-8-10-32-11-9-26/h4-7,12-13H,1-3,8-11,14H2,(H,25,28). The summed E-state index contributed by atoms with van der Waals surface area (Å²) in [5.74, 6) is -1.32. The van der Waals surface area contributed by atoms with Gasteiger partial charge in [0.1, 0.15) is 12.4 Å². The summed E-state index contributed by atoms with van der Waals surface area (Å²) in [5, 5.41) is 2.48.